The average Bonchev–Trinajstić information content (AvgIpc) is 3.35. The molecule has 0 amide bonds. The van der Waals surface area contributed by atoms with Gasteiger partial charge in [0, 0.05) is 13.1 Å². The number of hydrogen-bond donors (Lipinski definition) is 1. The summed E-state index contributed by atoms with van der Waals surface area (Å²) in [5, 5.41) is 25.8. The molecule has 1 fully saturated rings. The molecule has 1 aliphatic rings. The van der Waals surface area contributed by atoms with Crippen molar-refractivity contribution in [3.63, 3.8) is 0 Å². The van der Waals surface area contributed by atoms with E-state index >= 15 is 0 Å². The summed E-state index contributed by atoms with van der Waals surface area (Å²) in [7, 11) is 0. The van der Waals surface area contributed by atoms with E-state index in [2.05, 4.69) is 42.6 Å². The molecule has 3 aromatic rings. The van der Waals surface area contributed by atoms with Crippen molar-refractivity contribution in [2.24, 2.45) is 0 Å². The first kappa shape index (κ1) is 17.7. The number of hydrogen-bond acceptors (Lipinski definition) is 8. The van der Waals surface area contributed by atoms with E-state index in [9.17, 15) is 5.11 Å². The van der Waals surface area contributed by atoms with E-state index in [0.717, 1.165) is 24.5 Å². The number of rotatable bonds is 7. The van der Waals surface area contributed by atoms with E-state index in [1.54, 1.807) is 9.36 Å². The van der Waals surface area contributed by atoms with Crippen molar-refractivity contribution in [2.75, 3.05) is 32.9 Å². The molecule has 1 atom stereocenters. The minimum Gasteiger partial charge on any atom is -0.394 e. The lowest BCUT2D eigenvalue weighted by atomic mass is 10.0. The Labute approximate surface area is 156 Å². The second kappa shape index (κ2) is 8.33. The van der Waals surface area contributed by atoms with Gasteiger partial charge in [-0.25, -0.2) is 14.3 Å². The number of morpholine rings is 1. The van der Waals surface area contributed by atoms with Gasteiger partial charge in [-0.05, 0) is 16.0 Å². The maximum Gasteiger partial charge on any atom is 0.173 e. The molecule has 3 heterocycles. The quantitative estimate of drug-likeness (QED) is 0.606. The van der Waals surface area contributed by atoms with E-state index in [4.69, 9.17) is 4.74 Å². The van der Waals surface area contributed by atoms with Gasteiger partial charge in [-0.15, -0.1) is 5.10 Å². The standard InChI is InChI=1S/C17H22N8O2/c26-9-6-24-15(18-13-19-24)12-25-17(20-21-22-25)16(14-4-2-1-3-5-14)23-7-10-27-11-8-23/h1-5,13,16,26H,6-12H2/t16-/m1/s1. The van der Waals surface area contributed by atoms with Crippen molar-refractivity contribution >= 4 is 0 Å². The van der Waals surface area contributed by atoms with Crippen LogP contribution < -0.4 is 0 Å². The molecule has 4 rings (SSSR count). The number of tetrazole rings is 1. The molecule has 1 saturated heterocycles. The maximum absolute atomic E-state index is 9.20. The Bertz CT molecular complexity index is 844. The van der Waals surface area contributed by atoms with Gasteiger partial charge < -0.3 is 9.84 Å². The summed E-state index contributed by atoms with van der Waals surface area (Å²) in [6.45, 7) is 3.78. The van der Waals surface area contributed by atoms with Crippen molar-refractivity contribution in [3.05, 3.63) is 53.9 Å². The van der Waals surface area contributed by atoms with Gasteiger partial charge in [-0.3, -0.25) is 4.90 Å². The monoisotopic (exact) mass is 370 g/mol. The molecule has 0 aliphatic carbocycles. The fourth-order valence-electron chi connectivity index (χ4n) is 3.34. The average molecular weight is 370 g/mol. The topological polar surface area (TPSA) is 107 Å². The maximum atomic E-state index is 9.20. The number of benzene rings is 1. The number of ether oxygens (including phenoxy) is 1. The van der Waals surface area contributed by atoms with Crippen LogP contribution in [0.2, 0.25) is 0 Å². The Kier molecular flexibility index (Phi) is 5.47. The molecular formula is C17H22N8O2. The van der Waals surface area contributed by atoms with E-state index < -0.39 is 0 Å². The van der Waals surface area contributed by atoms with Crippen LogP contribution in [0.4, 0.5) is 0 Å². The molecule has 142 valence electrons. The van der Waals surface area contributed by atoms with Gasteiger partial charge in [0.05, 0.1) is 32.4 Å². The summed E-state index contributed by atoms with van der Waals surface area (Å²) < 4.78 is 8.94. The van der Waals surface area contributed by atoms with Crippen molar-refractivity contribution < 1.29 is 9.84 Å². The van der Waals surface area contributed by atoms with Crippen LogP contribution in [0.25, 0.3) is 0 Å². The fourth-order valence-corrected chi connectivity index (χ4v) is 3.34. The molecular weight excluding hydrogens is 348 g/mol. The van der Waals surface area contributed by atoms with E-state index in [0.29, 0.717) is 32.1 Å². The summed E-state index contributed by atoms with van der Waals surface area (Å²) in [5.41, 5.74) is 1.13. The molecule has 10 heteroatoms. The Hall–Kier alpha value is -2.69. The number of aromatic nitrogens is 7. The van der Waals surface area contributed by atoms with Crippen molar-refractivity contribution in [1.82, 2.24) is 39.9 Å². The molecule has 27 heavy (non-hydrogen) atoms. The van der Waals surface area contributed by atoms with Gasteiger partial charge in [0.1, 0.15) is 18.7 Å². The first-order valence-corrected chi connectivity index (χ1v) is 8.97. The summed E-state index contributed by atoms with van der Waals surface area (Å²) in [6, 6.07) is 10.2. The highest BCUT2D eigenvalue weighted by Crippen LogP contribution is 2.27. The molecule has 1 aliphatic heterocycles. The van der Waals surface area contributed by atoms with Gasteiger partial charge in [-0.2, -0.15) is 5.10 Å². The predicted octanol–water partition coefficient (Wildman–Crippen LogP) is -0.273. The third-order valence-corrected chi connectivity index (χ3v) is 4.63. The van der Waals surface area contributed by atoms with Crippen LogP contribution in [0.3, 0.4) is 0 Å². The zero-order valence-corrected chi connectivity index (χ0v) is 14.9. The number of aliphatic hydroxyl groups excluding tert-OH is 1. The smallest absolute Gasteiger partial charge is 0.173 e. The van der Waals surface area contributed by atoms with Gasteiger partial charge in [-0.1, -0.05) is 30.3 Å². The zero-order valence-electron chi connectivity index (χ0n) is 14.9. The predicted molar refractivity (Wildman–Crippen MR) is 94.7 cm³/mol. The van der Waals surface area contributed by atoms with E-state index in [1.807, 2.05) is 18.2 Å². The van der Waals surface area contributed by atoms with Crippen molar-refractivity contribution in [1.29, 1.82) is 0 Å². The molecule has 1 aromatic carbocycles. The highest BCUT2D eigenvalue weighted by Gasteiger charge is 2.29. The Morgan fingerprint density at radius 2 is 1.93 bits per heavy atom. The Balaban J connectivity index is 1.67. The Morgan fingerprint density at radius 3 is 2.70 bits per heavy atom. The van der Waals surface area contributed by atoms with Gasteiger partial charge in [0.25, 0.3) is 0 Å². The molecule has 0 radical (unpaired) electrons. The lowest BCUT2D eigenvalue weighted by molar-refractivity contribution is 0.0216. The molecule has 0 saturated carbocycles. The van der Waals surface area contributed by atoms with Crippen LogP contribution in [0, 0.1) is 0 Å². The number of aliphatic hydroxyl groups is 1. The van der Waals surface area contributed by atoms with E-state index in [-0.39, 0.29) is 12.6 Å². The fraction of sp³-hybridized carbons (Fsp3) is 0.471. The normalized spacial score (nSPS) is 16.5. The molecule has 0 spiro atoms. The molecule has 0 unspecified atom stereocenters. The second-order valence-electron chi connectivity index (χ2n) is 6.28. The number of nitrogens with zero attached hydrogens (tertiary/aromatic N) is 8. The van der Waals surface area contributed by atoms with E-state index in [1.165, 1.54) is 6.33 Å². The molecule has 10 nitrogen and oxygen atoms in total. The Morgan fingerprint density at radius 1 is 1.11 bits per heavy atom. The van der Waals surface area contributed by atoms with Gasteiger partial charge in [0.15, 0.2) is 5.82 Å². The third-order valence-electron chi connectivity index (χ3n) is 4.63. The molecule has 1 N–H and O–H groups in total. The zero-order chi connectivity index (χ0) is 18.5. The van der Waals surface area contributed by atoms with Gasteiger partial charge in [0.2, 0.25) is 0 Å². The van der Waals surface area contributed by atoms with Crippen LogP contribution in [0.5, 0.6) is 0 Å². The van der Waals surface area contributed by atoms with Crippen molar-refractivity contribution in [3.8, 4) is 0 Å². The highest BCUT2D eigenvalue weighted by atomic mass is 16.5. The lowest BCUT2D eigenvalue weighted by Crippen LogP contribution is -2.40. The summed E-state index contributed by atoms with van der Waals surface area (Å²) in [5.74, 6) is 1.45. The van der Waals surface area contributed by atoms with Gasteiger partial charge >= 0.3 is 0 Å². The van der Waals surface area contributed by atoms with Crippen LogP contribution in [0.1, 0.15) is 23.3 Å². The summed E-state index contributed by atoms with van der Waals surface area (Å²) in [4.78, 5) is 6.62. The van der Waals surface area contributed by atoms with Crippen LogP contribution >= 0.6 is 0 Å². The third kappa shape index (κ3) is 3.87. The minimum atomic E-state index is -0.0701. The summed E-state index contributed by atoms with van der Waals surface area (Å²) >= 11 is 0. The first-order chi connectivity index (χ1) is 13.4. The largest absolute Gasteiger partial charge is 0.394 e. The van der Waals surface area contributed by atoms with Crippen LogP contribution in [0.15, 0.2) is 36.7 Å². The lowest BCUT2D eigenvalue weighted by Gasteiger charge is -2.33. The SMILES string of the molecule is OCCn1ncnc1Cn1nnnc1[C@@H](c1ccccc1)N1CCOCC1. The van der Waals surface area contributed by atoms with Crippen LogP contribution in [-0.2, 0) is 17.8 Å². The second-order valence-corrected chi connectivity index (χ2v) is 6.28. The molecule has 0 bridgehead atoms. The first-order valence-electron chi connectivity index (χ1n) is 8.97. The minimum absolute atomic E-state index is 0.000752. The molecule has 2 aromatic heterocycles. The highest BCUT2D eigenvalue weighted by molar-refractivity contribution is 5.25. The van der Waals surface area contributed by atoms with Crippen molar-refractivity contribution in [2.45, 2.75) is 19.1 Å². The summed E-state index contributed by atoms with van der Waals surface area (Å²) in [6.07, 6.45) is 1.48. The van der Waals surface area contributed by atoms with Crippen LogP contribution in [-0.4, -0.2) is 77.9 Å².